The number of aliphatic hydroxyl groups is 1. The summed E-state index contributed by atoms with van der Waals surface area (Å²) in [5.74, 6) is -3.43. The summed E-state index contributed by atoms with van der Waals surface area (Å²) in [5, 5.41) is 11.1. The molecule has 9 heteroatoms. The van der Waals surface area contributed by atoms with Crippen molar-refractivity contribution in [2.45, 2.75) is 49.5 Å². The molecule has 0 saturated heterocycles. The number of carbonyl (C=O) groups excluding carboxylic acids is 2. The van der Waals surface area contributed by atoms with Gasteiger partial charge in [0, 0.05) is 17.5 Å². The van der Waals surface area contributed by atoms with Crippen LogP contribution in [-0.4, -0.2) is 31.4 Å². The SMILES string of the molecule is CCC(Cc1ccccc1)C1OC(=O)C(C(c2cccc(NS(=O)(=O)c3ccc(F)cc3)c2)C2CC2)=C(O)C1=O. The molecule has 3 aromatic rings. The Morgan fingerprint density at radius 1 is 1.00 bits per heavy atom. The van der Waals surface area contributed by atoms with E-state index in [4.69, 9.17) is 4.74 Å². The Kier molecular flexibility index (Phi) is 7.76. The van der Waals surface area contributed by atoms with Crippen molar-refractivity contribution in [1.29, 1.82) is 0 Å². The Hall–Kier alpha value is -3.98. The van der Waals surface area contributed by atoms with Crippen molar-refractivity contribution in [3.8, 4) is 0 Å². The van der Waals surface area contributed by atoms with Crippen molar-refractivity contribution in [1.82, 2.24) is 0 Å². The van der Waals surface area contributed by atoms with Gasteiger partial charge in [-0.05, 0) is 79.1 Å². The summed E-state index contributed by atoms with van der Waals surface area (Å²) in [5.41, 5.74) is 1.72. The normalized spacial score (nSPS) is 19.2. The van der Waals surface area contributed by atoms with Crippen LogP contribution in [0.2, 0.25) is 0 Å². The number of esters is 1. The van der Waals surface area contributed by atoms with Crippen molar-refractivity contribution in [3.05, 3.63) is 107 Å². The number of halogens is 1. The summed E-state index contributed by atoms with van der Waals surface area (Å²) in [4.78, 5) is 26.7. The molecule has 0 radical (unpaired) electrons. The van der Waals surface area contributed by atoms with Crippen LogP contribution in [0.1, 0.15) is 43.2 Å². The first-order valence-electron chi connectivity index (χ1n) is 13.3. The molecule has 5 rings (SSSR count). The molecule has 1 fully saturated rings. The quantitative estimate of drug-likeness (QED) is 0.307. The van der Waals surface area contributed by atoms with E-state index in [9.17, 15) is 27.5 Å². The zero-order valence-corrected chi connectivity index (χ0v) is 22.7. The summed E-state index contributed by atoms with van der Waals surface area (Å²) in [6, 6.07) is 20.5. The number of aliphatic hydroxyl groups excluding tert-OH is 1. The average Bonchev–Trinajstić information content (AvgIpc) is 3.78. The number of cyclic esters (lactones) is 1. The van der Waals surface area contributed by atoms with Crippen molar-refractivity contribution in [2.75, 3.05) is 4.72 Å². The third kappa shape index (κ3) is 5.79. The van der Waals surface area contributed by atoms with E-state index in [1.807, 2.05) is 37.3 Å². The molecular formula is C31H30FNO6S. The maximum Gasteiger partial charge on any atom is 0.339 e. The highest BCUT2D eigenvalue weighted by Gasteiger charge is 2.47. The van der Waals surface area contributed by atoms with Gasteiger partial charge >= 0.3 is 5.97 Å². The molecule has 0 amide bonds. The minimum absolute atomic E-state index is 0.00991. The summed E-state index contributed by atoms with van der Waals surface area (Å²) in [6.07, 6.45) is 1.57. The topological polar surface area (TPSA) is 110 Å². The number of hydrogen-bond acceptors (Lipinski definition) is 6. The van der Waals surface area contributed by atoms with Crippen molar-refractivity contribution < 1.29 is 32.2 Å². The van der Waals surface area contributed by atoms with E-state index in [-0.39, 0.29) is 28.0 Å². The van der Waals surface area contributed by atoms with Crippen LogP contribution >= 0.6 is 0 Å². The Bertz CT molecular complexity index is 1550. The van der Waals surface area contributed by atoms with Gasteiger partial charge in [-0.2, -0.15) is 0 Å². The van der Waals surface area contributed by atoms with Crippen LogP contribution < -0.4 is 4.72 Å². The Morgan fingerprint density at radius 2 is 1.70 bits per heavy atom. The molecule has 2 N–H and O–H groups in total. The maximum absolute atomic E-state index is 13.4. The maximum atomic E-state index is 13.4. The van der Waals surface area contributed by atoms with Gasteiger partial charge in [0.15, 0.2) is 11.9 Å². The monoisotopic (exact) mass is 563 g/mol. The van der Waals surface area contributed by atoms with Crippen molar-refractivity contribution >= 4 is 27.5 Å². The number of ketones is 1. The molecule has 3 aromatic carbocycles. The number of ether oxygens (including phenoxy) is 1. The van der Waals surface area contributed by atoms with E-state index in [2.05, 4.69) is 4.72 Å². The third-order valence-electron chi connectivity index (χ3n) is 7.52. The number of hydrogen-bond donors (Lipinski definition) is 2. The second kappa shape index (κ2) is 11.3. The van der Waals surface area contributed by atoms with Crippen LogP contribution in [0.25, 0.3) is 0 Å². The van der Waals surface area contributed by atoms with Crippen LogP contribution in [-0.2, 0) is 30.8 Å². The molecular weight excluding hydrogens is 533 g/mol. The number of sulfonamides is 1. The third-order valence-corrected chi connectivity index (χ3v) is 8.92. The lowest BCUT2D eigenvalue weighted by atomic mass is 9.81. The van der Waals surface area contributed by atoms with Gasteiger partial charge in [-0.1, -0.05) is 49.4 Å². The summed E-state index contributed by atoms with van der Waals surface area (Å²) < 4.78 is 47.2. The van der Waals surface area contributed by atoms with Crippen LogP contribution in [0.15, 0.2) is 95.1 Å². The largest absolute Gasteiger partial charge is 0.504 e. The summed E-state index contributed by atoms with van der Waals surface area (Å²) in [6.45, 7) is 1.91. The van der Waals surface area contributed by atoms with E-state index in [0.29, 0.717) is 18.4 Å². The average molecular weight is 564 g/mol. The van der Waals surface area contributed by atoms with Gasteiger partial charge < -0.3 is 9.84 Å². The van der Waals surface area contributed by atoms with E-state index in [1.54, 1.807) is 24.3 Å². The molecule has 40 heavy (non-hydrogen) atoms. The number of benzene rings is 3. The standard InChI is InChI=1S/C31H30FNO6S/c1-2-20(17-19-7-4-3-5-8-19)30-29(35)28(34)27(31(36)39-30)26(21-11-12-21)22-9-6-10-24(18-22)33-40(37,38)25-15-13-23(32)14-16-25/h3-10,13-16,18,20-21,26,30,33-34H,2,11-12,17H2,1H3. The number of carbonyl (C=O) groups is 2. The van der Waals surface area contributed by atoms with E-state index in [1.165, 1.54) is 12.1 Å². The molecule has 1 aliphatic heterocycles. The first kappa shape index (κ1) is 27.6. The molecule has 0 spiro atoms. The first-order valence-corrected chi connectivity index (χ1v) is 14.8. The van der Waals surface area contributed by atoms with Gasteiger partial charge in [-0.3, -0.25) is 9.52 Å². The summed E-state index contributed by atoms with van der Waals surface area (Å²) >= 11 is 0. The van der Waals surface area contributed by atoms with Crippen molar-refractivity contribution in [2.24, 2.45) is 11.8 Å². The predicted octanol–water partition coefficient (Wildman–Crippen LogP) is 5.70. The first-order chi connectivity index (χ1) is 19.2. The van der Waals surface area contributed by atoms with Gasteiger partial charge in [-0.15, -0.1) is 0 Å². The van der Waals surface area contributed by atoms with Crippen LogP contribution in [0.4, 0.5) is 10.1 Å². The minimum Gasteiger partial charge on any atom is -0.504 e. The molecule has 2 aliphatic rings. The molecule has 3 unspecified atom stereocenters. The van der Waals surface area contributed by atoms with Gasteiger partial charge in [0.05, 0.1) is 10.5 Å². The fourth-order valence-electron chi connectivity index (χ4n) is 5.29. The second-order valence-corrected chi connectivity index (χ2v) is 12.0. The molecule has 208 valence electrons. The van der Waals surface area contributed by atoms with Crippen molar-refractivity contribution in [3.63, 3.8) is 0 Å². The smallest absolute Gasteiger partial charge is 0.339 e. The number of rotatable bonds is 10. The second-order valence-electron chi connectivity index (χ2n) is 10.3. The highest BCUT2D eigenvalue weighted by atomic mass is 32.2. The highest BCUT2D eigenvalue weighted by molar-refractivity contribution is 7.92. The molecule has 3 atom stereocenters. The lowest BCUT2D eigenvalue weighted by Crippen LogP contribution is -2.42. The minimum atomic E-state index is -4.00. The molecule has 1 aliphatic carbocycles. The zero-order valence-electron chi connectivity index (χ0n) is 21.9. The molecule has 1 heterocycles. The molecule has 1 saturated carbocycles. The van der Waals surface area contributed by atoms with Crippen LogP contribution in [0.5, 0.6) is 0 Å². The molecule has 7 nitrogen and oxygen atoms in total. The van der Waals surface area contributed by atoms with Gasteiger partial charge in [-0.25, -0.2) is 17.6 Å². The van der Waals surface area contributed by atoms with Gasteiger partial charge in [0.1, 0.15) is 5.82 Å². The Balaban J connectivity index is 1.43. The fraction of sp³-hybridized carbons (Fsp3) is 0.290. The number of nitrogens with one attached hydrogen (secondary N) is 1. The fourth-order valence-corrected chi connectivity index (χ4v) is 6.34. The Labute approximate surface area is 232 Å². The van der Waals surface area contributed by atoms with E-state index in [0.717, 1.165) is 30.5 Å². The zero-order chi connectivity index (χ0) is 28.4. The van der Waals surface area contributed by atoms with Crippen LogP contribution in [0.3, 0.4) is 0 Å². The van der Waals surface area contributed by atoms with Gasteiger partial charge in [0.2, 0.25) is 5.78 Å². The lowest BCUT2D eigenvalue weighted by molar-refractivity contribution is -0.158. The van der Waals surface area contributed by atoms with E-state index < -0.39 is 45.4 Å². The molecule has 0 aromatic heterocycles. The van der Waals surface area contributed by atoms with E-state index >= 15 is 0 Å². The Morgan fingerprint density at radius 3 is 2.35 bits per heavy atom. The molecule has 0 bridgehead atoms. The highest BCUT2D eigenvalue weighted by Crippen LogP contribution is 2.49. The number of Topliss-reactive ketones (excluding diaryl/α,β-unsaturated/α-hetero) is 1. The number of anilines is 1. The summed E-state index contributed by atoms with van der Waals surface area (Å²) in [7, 11) is -4.00. The van der Waals surface area contributed by atoms with Gasteiger partial charge in [0.25, 0.3) is 10.0 Å². The van der Waals surface area contributed by atoms with Crippen LogP contribution in [0, 0.1) is 17.7 Å². The lowest BCUT2D eigenvalue weighted by Gasteiger charge is -2.31. The predicted molar refractivity (Wildman–Crippen MR) is 148 cm³/mol.